The van der Waals surface area contributed by atoms with Crippen molar-refractivity contribution in [2.45, 2.75) is 140 Å². The van der Waals surface area contributed by atoms with E-state index in [1.54, 1.807) is 6.07 Å². The van der Waals surface area contributed by atoms with E-state index >= 15 is 0 Å². The number of fused-ring (bicyclic) bond motifs is 1. The molecule has 3 N–H and O–H groups in total. The van der Waals surface area contributed by atoms with E-state index in [0.29, 0.717) is 0 Å². The van der Waals surface area contributed by atoms with Gasteiger partial charge in [-0.3, -0.25) is 4.55 Å². The van der Waals surface area contributed by atoms with Gasteiger partial charge in [0.05, 0.1) is 22.4 Å². The Morgan fingerprint density at radius 1 is 0.667 bits per heavy atom. The molecule has 0 radical (unpaired) electrons. The van der Waals surface area contributed by atoms with E-state index < -0.39 is 10.1 Å². The summed E-state index contributed by atoms with van der Waals surface area (Å²) in [6, 6.07) is 4.63. The normalized spacial score (nSPS) is 15.3. The number of rotatable bonds is 20. The molecule has 6 heteroatoms. The monoisotopic (exact) mass is 480 g/mol. The Hall–Kier alpha value is -1.27. The van der Waals surface area contributed by atoms with Crippen molar-refractivity contribution in [1.82, 2.24) is 0 Å². The Bertz CT molecular complexity index is 752. The van der Waals surface area contributed by atoms with Crippen LogP contribution < -0.4 is 10.6 Å². The molecule has 1 atom stereocenters. The van der Waals surface area contributed by atoms with Crippen LogP contribution in [0.25, 0.3) is 0 Å². The van der Waals surface area contributed by atoms with E-state index in [-0.39, 0.29) is 11.1 Å². The third-order valence-electron chi connectivity index (χ3n) is 6.79. The number of nitrogens with one attached hydrogen (secondary N) is 2. The zero-order valence-electron chi connectivity index (χ0n) is 20.9. The molecular weight excluding hydrogens is 432 g/mol. The molecule has 1 aromatic carbocycles. The minimum atomic E-state index is -4.16. The van der Waals surface area contributed by atoms with Gasteiger partial charge in [0.2, 0.25) is 0 Å². The van der Waals surface area contributed by atoms with E-state index in [0.717, 1.165) is 24.2 Å². The first-order valence-corrected chi connectivity index (χ1v) is 15.1. The predicted molar refractivity (Wildman–Crippen MR) is 141 cm³/mol. The van der Waals surface area contributed by atoms with Crippen LogP contribution in [0.15, 0.2) is 23.1 Å². The smallest absolute Gasteiger partial charge is 0.294 e. The summed E-state index contributed by atoms with van der Waals surface area (Å²) in [7, 11) is -4.16. The van der Waals surface area contributed by atoms with E-state index in [2.05, 4.69) is 17.6 Å². The summed E-state index contributed by atoms with van der Waals surface area (Å²) in [4.78, 5) is -0.0654. The minimum Gasteiger partial charge on any atom is -0.364 e. The van der Waals surface area contributed by atoms with Gasteiger partial charge in [-0.25, -0.2) is 0 Å². The summed E-state index contributed by atoms with van der Waals surface area (Å²) < 4.78 is 31.7. The number of anilines is 2. The number of hydrogen-bond donors (Lipinski definition) is 3. The van der Waals surface area contributed by atoms with Crippen LogP contribution in [0.3, 0.4) is 0 Å². The molecule has 1 unspecified atom stereocenters. The molecule has 0 saturated carbocycles. The average molecular weight is 481 g/mol. The van der Waals surface area contributed by atoms with Gasteiger partial charge in [0, 0.05) is 0 Å². The molecule has 33 heavy (non-hydrogen) atoms. The highest BCUT2D eigenvalue weighted by Crippen LogP contribution is 2.32. The van der Waals surface area contributed by atoms with Gasteiger partial charge in [-0.2, -0.15) is 8.42 Å². The molecule has 2 rings (SSSR count). The lowest BCUT2D eigenvalue weighted by Crippen LogP contribution is -2.21. The maximum Gasteiger partial charge on any atom is 0.294 e. The summed E-state index contributed by atoms with van der Waals surface area (Å²) in [5.41, 5.74) is 1.65. The van der Waals surface area contributed by atoms with Crippen molar-refractivity contribution in [3.05, 3.63) is 18.2 Å². The Morgan fingerprint density at radius 2 is 1.09 bits per heavy atom. The maximum absolute atomic E-state index is 11.3. The van der Waals surface area contributed by atoms with Gasteiger partial charge in [-0.15, -0.1) is 0 Å². The van der Waals surface area contributed by atoms with Crippen LogP contribution >= 0.6 is 0 Å². The Morgan fingerprint density at radius 3 is 1.55 bits per heavy atom. The fourth-order valence-corrected chi connectivity index (χ4v) is 5.24. The topological polar surface area (TPSA) is 78.4 Å². The van der Waals surface area contributed by atoms with Crippen LogP contribution in [0.2, 0.25) is 0 Å². The van der Waals surface area contributed by atoms with Crippen molar-refractivity contribution >= 4 is 21.5 Å². The van der Waals surface area contributed by atoms with Crippen molar-refractivity contribution < 1.29 is 13.0 Å². The van der Waals surface area contributed by atoms with Crippen LogP contribution in [0.1, 0.15) is 129 Å². The standard InChI is InChI=1S/C27H48N2O3S/c1-2-3-4-5-6-7-8-9-10-11-12-13-14-15-16-17-18-19-20-27-28-25-22-21-24(33(30,31)32)23-26(25)29-27/h21-23,27-29H,2-20H2,1H3,(H,30,31,32). The third-order valence-corrected chi connectivity index (χ3v) is 7.64. The maximum atomic E-state index is 11.3. The highest BCUT2D eigenvalue weighted by molar-refractivity contribution is 7.85. The van der Waals surface area contributed by atoms with E-state index in [4.69, 9.17) is 0 Å². The van der Waals surface area contributed by atoms with Gasteiger partial charge in [0.15, 0.2) is 0 Å². The second kappa shape index (κ2) is 16.4. The molecule has 0 spiro atoms. The number of unbranched alkanes of at least 4 members (excludes halogenated alkanes) is 17. The van der Waals surface area contributed by atoms with E-state index in [1.165, 1.54) is 121 Å². The Labute approximate surface area is 203 Å². The second-order valence-electron chi connectivity index (χ2n) is 9.82. The SMILES string of the molecule is CCCCCCCCCCCCCCCCCCCCC1Nc2ccc(S(=O)(=O)O)cc2N1. The molecule has 0 amide bonds. The van der Waals surface area contributed by atoms with Gasteiger partial charge in [0.25, 0.3) is 10.1 Å². The van der Waals surface area contributed by atoms with Gasteiger partial charge in [-0.05, 0) is 31.0 Å². The molecule has 1 aliphatic heterocycles. The summed E-state index contributed by atoms with van der Waals surface area (Å²) in [5.74, 6) is 0. The van der Waals surface area contributed by atoms with Crippen molar-refractivity contribution in [2.24, 2.45) is 0 Å². The van der Waals surface area contributed by atoms with Gasteiger partial charge >= 0.3 is 0 Å². The minimum absolute atomic E-state index is 0.0654. The molecule has 0 fully saturated rings. The van der Waals surface area contributed by atoms with Gasteiger partial charge in [0.1, 0.15) is 0 Å². The molecule has 190 valence electrons. The Balaban J connectivity index is 1.35. The van der Waals surface area contributed by atoms with Crippen molar-refractivity contribution in [1.29, 1.82) is 0 Å². The summed E-state index contributed by atoms with van der Waals surface area (Å²) >= 11 is 0. The lowest BCUT2D eigenvalue weighted by molar-refractivity contribution is 0.483. The second-order valence-corrected chi connectivity index (χ2v) is 11.2. The van der Waals surface area contributed by atoms with Crippen LogP contribution in [-0.4, -0.2) is 19.1 Å². The zero-order valence-corrected chi connectivity index (χ0v) is 21.7. The zero-order chi connectivity index (χ0) is 23.8. The molecular formula is C27H48N2O3S. The van der Waals surface area contributed by atoms with Gasteiger partial charge < -0.3 is 10.6 Å². The van der Waals surface area contributed by atoms with Crippen molar-refractivity contribution in [3.8, 4) is 0 Å². The fraction of sp³-hybridized carbons (Fsp3) is 0.778. The lowest BCUT2D eigenvalue weighted by Gasteiger charge is -2.12. The summed E-state index contributed by atoms with van der Waals surface area (Å²) in [6.45, 7) is 2.28. The lowest BCUT2D eigenvalue weighted by atomic mass is 10.0. The average Bonchev–Trinajstić information content (AvgIpc) is 3.20. The van der Waals surface area contributed by atoms with Crippen molar-refractivity contribution in [2.75, 3.05) is 10.6 Å². The molecule has 1 aliphatic rings. The van der Waals surface area contributed by atoms with E-state index in [9.17, 15) is 13.0 Å². The summed E-state index contributed by atoms with van der Waals surface area (Å²) in [5, 5.41) is 6.70. The molecule has 0 aromatic heterocycles. The first-order chi connectivity index (χ1) is 16.0. The van der Waals surface area contributed by atoms with Crippen LogP contribution in [-0.2, 0) is 10.1 Å². The van der Waals surface area contributed by atoms with Crippen LogP contribution in [0, 0.1) is 0 Å². The molecule has 5 nitrogen and oxygen atoms in total. The summed E-state index contributed by atoms with van der Waals surface area (Å²) in [6.07, 6.45) is 26.0. The predicted octanol–water partition coefficient (Wildman–Crippen LogP) is 8.53. The fourth-order valence-electron chi connectivity index (χ4n) is 4.74. The molecule has 1 heterocycles. The van der Waals surface area contributed by atoms with Crippen LogP contribution in [0.4, 0.5) is 11.4 Å². The number of benzene rings is 1. The molecule has 0 saturated heterocycles. The highest BCUT2D eigenvalue weighted by Gasteiger charge is 2.21. The first-order valence-electron chi connectivity index (χ1n) is 13.7. The largest absolute Gasteiger partial charge is 0.364 e. The molecule has 0 bridgehead atoms. The van der Waals surface area contributed by atoms with Gasteiger partial charge in [-0.1, -0.05) is 116 Å². The Kier molecular flexibility index (Phi) is 13.9. The van der Waals surface area contributed by atoms with Crippen LogP contribution in [0.5, 0.6) is 0 Å². The van der Waals surface area contributed by atoms with Crippen molar-refractivity contribution in [3.63, 3.8) is 0 Å². The molecule has 0 aliphatic carbocycles. The third kappa shape index (κ3) is 12.1. The number of hydrogen-bond acceptors (Lipinski definition) is 4. The first kappa shape index (κ1) is 28.0. The van der Waals surface area contributed by atoms with E-state index in [1.807, 2.05) is 0 Å². The quantitative estimate of drug-likeness (QED) is 0.129. The highest BCUT2D eigenvalue weighted by atomic mass is 32.2. The molecule has 1 aromatic rings.